The number of rotatable bonds is 9. The van der Waals surface area contributed by atoms with Crippen molar-refractivity contribution in [2.75, 3.05) is 71.0 Å². The Bertz CT molecular complexity index is 834. The summed E-state index contributed by atoms with van der Waals surface area (Å²) in [6.45, 7) is 7.45. The molecule has 6 heteroatoms. The summed E-state index contributed by atoms with van der Waals surface area (Å²) in [5, 5.41) is 3.30. The molecule has 1 saturated heterocycles. The van der Waals surface area contributed by atoms with Crippen molar-refractivity contribution >= 4 is 17.3 Å². The van der Waals surface area contributed by atoms with Gasteiger partial charge in [-0.2, -0.15) is 0 Å². The summed E-state index contributed by atoms with van der Waals surface area (Å²) in [6.07, 6.45) is 3.06. The lowest BCUT2D eigenvalue weighted by molar-refractivity contribution is -0.129. The molecule has 0 atom stereocenters. The fraction of sp³-hybridized carbons (Fsp3) is 0.500. The van der Waals surface area contributed by atoms with Crippen LogP contribution < -0.4 is 10.2 Å². The minimum Gasteiger partial charge on any atom is -0.379 e. The third-order valence-electron chi connectivity index (χ3n) is 6.51. The Balaban J connectivity index is 1.26. The van der Waals surface area contributed by atoms with Crippen LogP contribution in [0.3, 0.4) is 0 Å². The second-order valence-corrected chi connectivity index (χ2v) is 8.71. The molecule has 2 aliphatic rings. The van der Waals surface area contributed by atoms with E-state index in [2.05, 4.69) is 63.6 Å². The molecule has 2 aliphatic heterocycles. The molecule has 6 nitrogen and oxygen atoms in total. The number of fused-ring (bicyclic) bond motifs is 2. The number of carbonyl (C=O) groups excluding carboxylic acids is 1. The van der Waals surface area contributed by atoms with Crippen LogP contribution in [0.4, 0.5) is 11.4 Å². The largest absolute Gasteiger partial charge is 0.379 e. The highest BCUT2D eigenvalue weighted by molar-refractivity contribution is 5.78. The number of carbonyl (C=O) groups is 1. The summed E-state index contributed by atoms with van der Waals surface area (Å²) in [6, 6.07) is 17.4. The van der Waals surface area contributed by atoms with Crippen LogP contribution in [0, 0.1) is 0 Å². The van der Waals surface area contributed by atoms with Crippen molar-refractivity contribution in [2.24, 2.45) is 0 Å². The highest BCUT2D eigenvalue weighted by atomic mass is 16.5. The maximum atomic E-state index is 12.5. The number of amides is 1. The van der Waals surface area contributed by atoms with Gasteiger partial charge >= 0.3 is 0 Å². The topological polar surface area (TPSA) is 48.0 Å². The summed E-state index contributed by atoms with van der Waals surface area (Å²) in [5.74, 6) is 0.156. The molecule has 0 spiro atoms. The van der Waals surface area contributed by atoms with E-state index in [0.717, 1.165) is 71.7 Å². The van der Waals surface area contributed by atoms with Gasteiger partial charge in [-0.3, -0.25) is 9.69 Å². The summed E-state index contributed by atoms with van der Waals surface area (Å²) >= 11 is 0. The first-order valence-electron chi connectivity index (χ1n) is 11.9. The summed E-state index contributed by atoms with van der Waals surface area (Å²) in [4.78, 5) is 19.2. The Morgan fingerprint density at radius 2 is 1.59 bits per heavy atom. The van der Waals surface area contributed by atoms with Crippen LogP contribution in [-0.4, -0.2) is 81.8 Å². The number of ether oxygens (including phenoxy) is 1. The zero-order valence-corrected chi connectivity index (χ0v) is 19.3. The first-order valence-corrected chi connectivity index (χ1v) is 11.9. The van der Waals surface area contributed by atoms with Crippen molar-refractivity contribution in [3.05, 3.63) is 59.7 Å². The number of para-hydroxylation sites is 2. The molecule has 0 aliphatic carbocycles. The number of nitrogens with zero attached hydrogens (tertiary/aromatic N) is 3. The Labute approximate surface area is 192 Å². The predicted octanol–water partition coefficient (Wildman–Crippen LogP) is 2.69. The molecule has 2 aromatic rings. The van der Waals surface area contributed by atoms with Gasteiger partial charge in [0.05, 0.1) is 19.8 Å². The van der Waals surface area contributed by atoms with E-state index in [1.807, 2.05) is 11.9 Å². The lowest BCUT2D eigenvalue weighted by Gasteiger charge is -2.28. The maximum Gasteiger partial charge on any atom is 0.236 e. The van der Waals surface area contributed by atoms with Crippen LogP contribution in [0.15, 0.2) is 48.5 Å². The number of hydrogen-bond donors (Lipinski definition) is 1. The van der Waals surface area contributed by atoms with E-state index in [0.29, 0.717) is 6.54 Å². The zero-order chi connectivity index (χ0) is 22.2. The fourth-order valence-corrected chi connectivity index (χ4v) is 4.59. The molecular formula is C26H36N4O2. The van der Waals surface area contributed by atoms with Crippen molar-refractivity contribution in [3.8, 4) is 0 Å². The van der Waals surface area contributed by atoms with Crippen LogP contribution in [-0.2, 0) is 22.4 Å². The van der Waals surface area contributed by atoms with Crippen molar-refractivity contribution in [1.82, 2.24) is 15.1 Å². The number of hydrogen-bond acceptors (Lipinski definition) is 5. The number of benzene rings is 2. The van der Waals surface area contributed by atoms with Gasteiger partial charge in [0.1, 0.15) is 0 Å². The molecular weight excluding hydrogens is 400 g/mol. The van der Waals surface area contributed by atoms with E-state index in [-0.39, 0.29) is 5.91 Å². The molecule has 2 heterocycles. The van der Waals surface area contributed by atoms with Gasteiger partial charge in [0.2, 0.25) is 5.91 Å². The van der Waals surface area contributed by atoms with Gasteiger partial charge in [-0.15, -0.1) is 0 Å². The van der Waals surface area contributed by atoms with Crippen LogP contribution >= 0.6 is 0 Å². The summed E-state index contributed by atoms with van der Waals surface area (Å²) < 4.78 is 5.38. The van der Waals surface area contributed by atoms with Gasteiger partial charge in [-0.1, -0.05) is 36.4 Å². The molecule has 4 rings (SSSR count). The van der Waals surface area contributed by atoms with E-state index >= 15 is 0 Å². The van der Waals surface area contributed by atoms with E-state index in [1.54, 1.807) is 0 Å². The van der Waals surface area contributed by atoms with Crippen LogP contribution in [0.2, 0.25) is 0 Å². The molecule has 2 aromatic carbocycles. The third-order valence-corrected chi connectivity index (χ3v) is 6.51. The normalized spacial score (nSPS) is 16.2. The van der Waals surface area contributed by atoms with Crippen LogP contribution in [0.25, 0.3) is 0 Å². The minimum absolute atomic E-state index is 0.156. The Morgan fingerprint density at radius 3 is 2.25 bits per heavy atom. The number of morpholine rings is 1. The van der Waals surface area contributed by atoms with Crippen molar-refractivity contribution in [2.45, 2.75) is 19.3 Å². The van der Waals surface area contributed by atoms with Crippen molar-refractivity contribution in [3.63, 3.8) is 0 Å². The van der Waals surface area contributed by atoms with Gasteiger partial charge in [0.25, 0.3) is 0 Å². The average Bonchev–Trinajstić information content (AvgIpc) is 2.99. The predicted molar refractivity (Wildman–Crippen MR) is 130 cm³/mol. The second-order valence-electron chi connectivity index (χ2n) is 8.71. The molecule has 1 N–H and O–H groups in total. The lowest BCUT2D eigenvalue weighted by Crippen LogP contribution is -2.42. The van der Waals surface area contributed by atoms with Crippen molar-refractivity contribution in [1.29, 1.82) is 0 Å². The third kappa shape index (κ3) is 5.88. The quantitative estimate of drug-likeness (QED) is 0.613. The van der Waals surface area contributed by atoms with Crippen LogP contribution in [0.1, 0.15) is 17.5 Å². The molecule has 32 heavy (non-hydrogen) atoms. The summed E-state index contributed by atoms with van der Waals surface area (Å²) in [5.41, 5.74) is 5.41. The standard InChI is InChI=1S/C26H36N4O2/c1-28(26(31)21-27-13-16-29-17-19-32-20-18-29)14-6-15-30-24-9-4-2-7-22(24)11-12-23-8-3-5-10-25(23)30/h2-5,7-10,27H,6,11-21H2,1H3. The Morgan fingerprint density at radius 1 is 0.969 bits per heavy atom. The van der Waals surface area contributed by atoms with Gasteiger partial charge in [0.15, 0.2) is 0 Å². The highest BCUT2D eigenvalue weighted by Gasteiger charge is 2.20. The van der Waals surface area contributed by atoms with E-state index in [4.69, 9.17) is 4.74 Å². The highest BCUT2D eigenvalue weighted by Crippen LogP contribution is 2.35. The van der Waals surface area contributed by atoms with Crippen molar-refractivity contribution < 1.29 is 9.53 Å². The Kier molecular flexibility index (Phi) is 8.15. The molecule has 1 fully saturated rings. The van der Waals surface area contributed by atoms with Gasteiger partial charge in [-0.25, -0.2) is 0 Å². The first-order chi connectivity index (χ1) is 15.7. The number of nitrogens with one attached hydrogen (secondary N) is 1. The van der Waals surface area contributed by atoms with E-state index in [9.17, 15) is 4.79 Å². The Hall–Kier alpha value is -2.41. The van der Waals surface area contributed by atoms with E-state index in [1.165, 1.54) is 22.5 Å². The van der Waals surface area contributed by atoms with E-state index < -0.39 is 0 Å². The second kappa shape index (κ2) is 11.5. The molecule has 0 aromatic heterocycles. The molecule has 0 bridgehead atoms. The lowest BCUT2D eigenvalue weighted by atomic mass is 10.0. The minimum atomic E-state index is 0.156. The van der Waals surface area contributed by atoms with Gasteiger partial charge < -0.3 is 19.9 Å². The average molecular weight is 437 g/mol. The van der Waals surface area contributed by atoms with Gasteiger partial charge in [0, 0.05) is 57.7 Å². The molecule has 0 radical (unpaired) electrons. The molecule has 0 saturated carbocycles. The fourth-order valence-electron chi connectivity index (χ4n) is 4.59. The summed E-state index contributed by atoms with van der Waals surface area (Å²) in [7, 11) is 1.91. The zero-order valence-electron chi connectivity index (χ0n) is 19.3. The number of likely N-dealkylation sites (N-methyl/N-ethyl adjacent to an activating group) is 1. The SMILES string of the molecule is CN(CCCN1c2ccccc2CCc2ccccc21)C(=O)CNCCN1CCOCC1. The monoisotopic (exact) mass is 436 g/mol. The molecule has 1 amide bonds. The van der Waals surface area contributed by atoms with Gasteiger partial charge in [-0.05, 0) is 42.5 Å². The molecule has 0 unspecified atom stereocenters. The van der Waals surface area contributed by atoms with Crippen LogP contribution in [0.5, 0.6) is 0 Å². The maximum absolute atomic E-state index is 12.5. The smallest absolute Gasteiger partial charge is 0.236 e. The first kappa shape index (κ1) is 22.8. The number of anilines is 2. The number of aryl methyl sites for hydroxylation is 2. The molecule has 172 valence electrons.